The summed E-state index contributed by atoms with van der Waals surface area (Å²) in [6.45, 7) is 5.05. The molecule has 2 aromatic carbocycles. The Bertz CT molecular complexity index is 1020. The topological polar surface area (TPSA) is 35.6 Å². The summed E-state index contributed by atoms with van der Waals surface area (Å²) in [7, 11) is 0. The zero-order valence-corrected chi connectivity index (χ0v) is 18.9. The lowest BCUT2D eigenvalue weighted by Gasteiger charge is -2.42. The molecule has 1 aromatic heterocycles. The molecule has 162 valence electrons. The molecule has 2 atom stereocenters. The molecule has 1 N–H and O–H groups in total. The van der Waals surface area contributed by atoms with Crippen LogP contribution in [0.1, 0.15) is 28.2 Å². The zero-order chi connectivity index (χ0) is 21.8. The fourth-order valence-corrected chi connectivity index (χ4v) is 5.35. The highest BCUT2D eigenvalue weighted by molar-refractivity contribution is 7.10. The van der Waals surface area contributed by atoms with Crippen LogP contribution in [0.25, 0.3) is 0 Å². The van der Waals surface area contributed by atoms with Crippen LogP contribution in [0, 0.1) is 5.82 Å². The van der Waals surface area contributed by atoms with E-state index in [4.69, 9.17) is 11.6 Å². The maximum Gasteiger partial charge on any atom is 0.253 e. The number of nitrogens with zero attached hydrogens (tertiary/aromatic N) is 2. The molecule has 2 unspecified atom stereocenters. The number of benzene rings is 2. The van der Waals surface area contributed by atoms with Crippen LogP contribution in [-0.4, -0.2) is 43.0 Å². The summed E-state index contributed by atoms with van der Waals surface area (Å²) in [5.41, 5.74) is 1.13. The molecule has 2 heterocycles. The number of anilines is 1. The van der Waals surface area contributed by atoms with Gasteiger partial charge in [0, 0.05) is 37.1 Å². The number of carbonyl (C=O) groups is 1. The van der Waals surface area contributed by atoms with Gasteiger partial charge < -0.3 is 10.2 Å². The molecule has 1 fully saturated rings. The van der Waals surface area contributed by atoms with Gasteiger partial charge in [0.1, 0.15) is 5.82 Å². The Hall–Kier alpha value is -2.41. The maximum atomic E-state index is 14.2. The van der Waals surface area contributed by atoms with Crippen LogP contribution >= 0.6 is 22.9 Å². The van der Waals surface area contributed by atoms with Crippen LogP contribution in [0.4, 0.5) is 10.1 Å². The van der Waals surface area contributed by atoms with Gasteiger partial charge in [-0.05, 0) is 42.6 Å². The predicted molar refractivity (Wildman–Crippen MR) is 126 cm³/mol. The van der Waals surface area contributed by atoms with E-state index in [0.717, 1.165) is 26.2 Å². The van der Waals surface area contributed by atoms with E-state index in [1.54, 1.807) is 29.5 Å². The molecular formula is C24H25ClFN3OS. The van der Waals surface area contributed by atoms with Crippen LogP contribution in [0.15, 0.2) is 66.0 Å². The van der Waals surface area contributed by atoms with Crippen molar-refractivity contribution in [2.75, 3.05) is 31.1 Å². The minimum Gasteiger partial charge on any atom is -0.367 e. The van der Waals surface area contributed by atoms with Crippen LogP contribution in [-0.2, 0) is 0 Å². The first-order chi connectivity index (χ1) is 15.0. The van der Waals surface area contributed by atoms with Gasteiger partial charge >= 0.3 is 0 Å². The van der Waals surface area contributed by atoms with Crippen molar-refractivity contribution in [3.05, 3.63) is 87.3 Å². The molecule has 0 radical (unpaired) electrons. The van der Waals surface area contributed by atoms with Crippen molar-refractivity contribution in [2.45, 2.75) is 19.0 Å². The summed E-state index contributed by atoms with van der Waals surface area (Å²) in [5.74, 6) is -0.365. The second-order valence-corrected chi connectivity index (χ2v) is 9.06. The molecule has 1 aliphatic rings. The third-order valence-corrected chi connectivity index (χ3v) is 6.96. The van der Waals surface area contributed by atoms with Gasteiger partial charge in [-0.15, -0.1) is 11.3 Å². The summed E-state index contributed by atoms with van der Waals surface area (Å²) in [4.78, 5) is 18.5. The molecule has 0 spiro atoms. The van der Waals surface area contributed by atoms with Gasteiger partial charge in [-0.2, -0.15) is 0 Å². The van der Waals surface area contributed by atoms with E-state index in [1.165, 1.54) is 10.9 Å². The fraction of sp³-hybridized carbons (Fsp3) is 0.292. The van der Waals surface area contributed by atoms with Gasteiger partial charge in [-0.25, -0.2) is 4.39 Å². The number of hydrogen-bond acceptors (Lipinski definition) is 4. The molecule has 31 heavy (non-hydrogen) atoms. The Morgan fingerprint density at radius 3 is 2.42 bits per heavy atom. The highest BCUT2D eigenvalue weighted by Gasteiger charge is 2.31. The Morgan fingerprint density at radius 2 is 1.74 bits per heavy atom. The van der Waals surface area contributed by atoms with Crippen molar-refractivity contribution in [2.24, 2.45) is 0 Å². The van der Waals surface area contributed by atoms with Crippen molar-refractivity contribution >= 4 is 34.5 Å². The molecule has 7 heteroatoms. The third-order valence-electron chi connectivity index (χ3n) is 5.69. The molecule has 1 amide bonds. The number of piperazine rings is 1. The second kappa shape index (κ2) is 9.81. The van der Waals surface area contributed by atoms with Crippen LogP contribution < -0.4 is 10.2 Å². The van der Waals surface area contributed by atoms with E-state index in [1.807, 2.05) is 37.3 Å². The van der Waals surface area contributed by atoms with Crippen LogP contribution in [0.5, 0.6) is 0 Å². The average Bonchev–Trinajstić information content (AvgIpc) is 3.29. The number of amides is 1. The first kappa shape index (κ1) is 21.8. The van der Waals surface area contributed by atoms with Crippen LogP contribution in [0.2, 0.25) is 5.02 Å². The number of halogens is 2. The molecular weight excluding hydrogens is 433 g/mol. The highest BCUT2D eigenvalue weighted by atomic mass is 35.5. The number of nitrogens with one attached hydrogen (secondary N) is 1. The third kappa shape index (κ3) is 4.92. The van der Waals surface area contributed by atoms with Crippen molar-refractivity contribution in [3.63, 3.8) is 0 Å². The molecule has 0 saturated carbocycles. The summed E-state index contributed by atoms with van der Waals surface area (Å²) >= 11 is 7.90. The summed E-state index contributed by atoms with van der Waals surface area (Å²) in [5, 5.41) is 5.64. The van der Waals surface area contributed by atoms with Crippen molar-refractivity contribution in [1.82, 2.24) is 10.2 Å². The number of rotatable bonds is 6. The molecule has 1 aliphatic heterocycles. The van der Waals surface area contributed by atoms with Gasteiger partial charge in [0.2, 0.25) is 0 Å². The van der Waals surface area contributed by atoms with E-state index in [2.05, 4.69) is 26.6 Å². The van der Waals surface area contributed by atoms with Gasteiger partial charge in [0.05, 0.1) is 22.3 Å². The number of thiophene rings is 1. The lowest BCUT2D eigenvalue weighted by Crippen LogP contribution is -2.52. The standard InChI is InChI=1S/C24H25ClFN3OS/c1-17(27-24(30)18-7-2-3-8-19(18)25)23(22-11-6-16-31-22)29-14-12-28(13-15-29)21-10-5-4-9-20(21)26/h2-11,16-17,23H,12-15H2,1H3,(H,27,30). The molecule has 0 aliphatic carbocycles. The van der Waals surface area contributed by atoms with Crippen molar-refractivity contribution < 1.29 is 9.18 Å². The van der Waals surface area contributed by atoms with Crippen LogP contribution in [0.3, 0.4) is 0 Å². The smallest absolute Gasteiger partial charge is 0.253 e. The SMILES string of the molecule is CC(NC(=O)c1ccccc1Cl)C(c1cccs1)N1CCN(c2ccccc2F)CC1. The Balaban J connectivity index is 1.48. The number of carbonyl (C=O) groups excluding carboxylic acids is 1. The predicted octanol–water partition coefficient (Wildman–Crippen LogP) is 5.22. The van der Waals surface area contributed by atoms with Gasteiger partial charge in [-0.3, -0.25) is 9.69 Å². The van der Waals surface area contributed by atoms with E-state index in [-0.39, 0.29) is 23.8 Å². The Labute approximate surface area is 191 Å². The normalized spacial score (nSPS) is 16.7. The van der Waals surface area contributed by atoms with E-state index in [0.29, 0.717) is 16.3 Å². The van der Waals surface area contributed by atoms with Gasteiger partial charge in [-0.1, -0.05) is 41.9 Å². The van der Waals surface area contributed by atoms with Crippen molar-refractivity contribution in [1.29, 1.82) is 0 Å². The monoisotopic (exact) mass is 457 g/mol. The number of para-hydroxylation sites is 1. The molecule has 4 rings (SSSR count). The zero-order valence-electron chi connectivity index (χ0n) is 17.3. The minimum absolute atomic E-state index is 0.0363. The number of hydrogen-bond donors (Lipinski definition) is 1. The van der Waals surface area contributed by atoms with Gasteiger partial charge in [0.25, 0.3) is 5.91 Å². The van der Waals surface area contributed by atoms with E-state index in [9.17, 15) is 9.18 Å². The minimum atomic E-state index is -0.189. The van der Waals surface area contributed by atoms with Gasteiger partial charge in [0.15, 0.2) is 0 Å². The molecule has 4 nitrogen and oxygen atoms in total. The fourth-order valence-electron chi connectivity index (χ4n) is 4.16. The van der Waals surface area contributed by atoms with Crippen molar-refractivity contribution in [3.8, 4) is 0 Å². The first-order valence-electron chi connectivity index (χ1n) is 10.4. The highest BCUT2D eigenvalue weighted by Crippen LogP contribution is 2.31. The largest absolute Gasteiger partial charge is 0.367 e. The molecule has 1 saturated heterocycles. The Kier molecular flexibility index (Phi) is 6.90. The average molecular weight is 458 g/mol. The maximum absolute atomic E-state index is 14.2. The summed E-state index contributed by atoms with van der Waals surface area (Å²) < 4.78 is 14.2. The molecule has 0 bridgehead atoms. The first-order valence-corrected chi connectivity index (χ1v) is 11.6. The Morgan fingerprint density at radius 1 is 1.03 bits per heavy atom. The van der Waals surface area contributed by atoms with E-state index < -0.39 is 0 Å². The van der Waals surface area contributed by atoms with E-state index >= 15 is 0 Å². The summed E-state index contributed by atoms with van der Waals surface area (Å²) in [6.07, 6.45) is 0. The second-order valence-electron chi connectivity index (χ2n) is 7.68. The molecule has 3 aromatic rings. The summed E-state index contributed by atoms with van der Waals surface area (Å²) in [6, 6.07) is 18.0. The lowest BCUT2D eigenvalue weighted by atomic mass is 10.0. The quantitative estimate of drug-likeness (QED) is 0.551. The lowest BCUT2D eigenvalue weighted by molar-refractivity contribution is 0.0890.